The smallest absolute Gasteiger partial charge is 0.196 e. The molecule has 0 bridgehead atoms. The average Bonchev–Trinajstić information content (AvgIpc) is 3.15. The molecule has 0 atom stereocenters. The number of anilines is 1. The molecule has 0 aliphatic heterocycles. The Labute approximate surface area is 156 Å². The molecule has 0 amide bonds. The highest BCUT2D eigenvalue weighted by atomic mass is 32.1. The molecule has 1 N–H and O–H groups in total. The van der Waals surface area contributed by atoms with Crippen LogP contribution in [0.15, 0.2) is 52.9 Å². The summed E-state index contributed by atoms with van der Waals surface area (Å²) in [5.74, 6) is 0.793. The molecule has 0 unspecified atom stereocenters. The summed E-state index contributed by atoms with van der Waals surface area (Å²) in [6.07, 6.45) is 0. The number of hydrazone groups is 1. The lowest BCUT2D eigenvalue weighted by Gasteiger charge is -2.06. The highest BCUT2D eigenvalue weighted by Gasteiger charge is 2.11. The van der Waals surface area contributed by atoms with Crippen molar-refractivity contribution in [2.45, 2.75) is 13.8 Å². The highest BCUT2D eigenvalue weighted by Crippen LogP contribution is 2.24. The summed E-state index contributed by atoms with van der Waals surface area (Å²) in [4.78, 5) is 4.54. The first-order valence-corrected chi connectivity index (χ1v) is 8.90. The Kier molecular flexibility index (Phi) is 5.30. The summed E-state index contributed by atoms with van der Waals surface area (Å²) in [5, 5.41) is 16.2. The van der Waals surface area contributed by atoms with Crippen LogP contribution in [-0.2, 0) is 0 Å². The molecule has 6 heteroatoms. The summed E-state index contributed by atoms with van der Waals surface area (Å²) in [7, 11) is 1.63. The van der Waals surface area contributed by atoms with Crippen molar-refractivity contribution in [3.8, 4) is 23.1 Å². The molecule has 0 aliphatic carbocycles. The molecule has 0 saturated heterocycles. The van der Waals surface area contributed by atoms with Crippen molar-refractivity contribution in [2.24, 2.45) is 5.10 Å². The minimum absolute atomic E-state index is 0.260. The number of aromatic nitrogens is 1. The molecule has 5 nitrogen and oxygen atoms in total. The summed E-state index contributed by atoms with van der Waals surface area (Å²) in [6, 6.07) is 15.8. The summed E-state index contributed by atoms with van der Waals surface area (Å²) in [5.41, 5.74) is 8.09. The van der Waals surface area contributed by atoms with Crippen molar-refractivity contribution in [1.82, 2.24) is 4.98 Å². The van der Waals surface area contributed by atoms with Gasteiger partial charge in [0.25, 0.3) is 0 Å². The Morgan fingerprint density at radius 2 is 1.96 bits per heavy atom. The molecule has 3 rings (SSSR count). The number of nitriles is 1. The third-order valence-corrected chi connectivity index (χ3v) is 4.73. The molecule has 1 aromatic heterocycles. The van der Waals surface area contributed by atoms with E-state index < -0.39 is 0 Å². The lowest BCUT2D eigenvalue weighted by Crippen LogP contribution is -2.02. The van der Waals surface area contributed by atoms with E-state index in [-0.39, 0.29) is 5.71 Å². The lowest BCUT2D eigenvalue weighted by molar-refractivity contribution is 0.415. The second-order valence-corrected chi connectivity index (χ2v) is 6.63. The van der Waals surface area contributed by atoms with Gasteiger partial charge in [0, 0.05) is 10.9 Å². The SMILES string of the molecule is COc1ccc(-c2csc(/C(C#N)=N\Nc3cc(C)ccc3C)n2)cc1. The van der Waals surface area contributed by atoms with Gasteiger partial charge in [0.05, 0.1) is 18.5 Å². The maximum atomic E-state index is 9.46. The van der Waals surface area contributed by atoms with Crippen LogP contribution in [0.1, 0.15) is 16.1 Å². The van der Waals surface area contributed by atoms with E-state index in [1.54, 1.807) is 7.11 Å². The van der Waals surface area contributed by atoms with Crippen LogP contribution in [0.25, 0.3) is 11.3 Å². The first-order valence-electron chi connectivity index (χ1n) is 8.02. The molecule has 0 radical (unpaired) electrons. The summed E-state index contributed by atoms with van der Waals surface area (Å²) < 4.78 is 5.17. The number of nitrogens with one attached hydrogen (secondary N) is 1. The molecule has 0 saturated carbocycles. The van der Waals surface area contributed by atoms with Crippen LogP contribution >= 0.6 is 11.3 Å². The van der Waals surface area contributed by atoms with Gasteiger partial charge in [0.15, 0.2) is 10.7 Å². The average molecular weight is 362 g/mol. The minimum Gasteiger partial charge on any atom is -0.497 e. The third-order valence-electron chi connectivity index (χ3n) is 3.88. The lowest BCUT2D eigenvalue weighted by atomic mass is 10.1. The Morgan fingerprint density at radius 3 is 2.65 bits per heavy atom. The molecule has 3 aromatic rings. The van der Waals surface area contributed by atoms with Crippen LogP contribution in [0.4, 0.5) is 5.69 Å². The van der Waals surface area contributed by atoms with E-state index in [1.165, 1.54) is 11.3 Å². The van der Waals surface area contributed by atoms with Crippen molar-refractivity contribution in [2.75, 3.05) is 12.5 Å². The van der Waals surface area contributed by atoms with E-state index in [0.29, 0.717) is 5.01 Å². The van der Waals surface area contributed by atoms with Crippen LogP contribution in [0, 0.1) is 25.2 Å². The summed E-state index contributed by atoms with van der Waals surface area (Å²) in [6.45, 7) is 4.01. The van der Waals surface area contributed by atoms with Gasteiger partial charge in [-0.25, -0.2) is 4.98 Å². The van der Waals surface area contributed by atoms with Crippen LogP contribution < -0.4 is 10.2 Å². The number of rotatable bonds is 5. The zero-order valence-corrected chi connectivity index (χ0v) is 15.6. The van der Waals surface area contributed by atoms with Crippen molar-refractivity contribution < 1.29 is 4.74 Å². The monoisotopic (exact) mass is 362 g/mol. The molecule has 130 valence electrons. The highest BCUT2D eigenvalue weighted by molar-refractivity contribution is 7.12. The fraction of sp³-hybridized carbons (Fsp3) is 0.150. The van der Waals surface area contributed by atoms with Gasteiger partial charge in [-0.2, -0.15) is 10.4 Å². The van der Waals surface area contributed by atoms with E-state index in [0.717, 1.165) is 33.8 Å². The largest absolute Gasteiger partial charge is 0.497 e. The van der Waals surface area contributed by atoms with Crippen LogP contribution in [0.2, 0.25) is 0 Å². The Hall–Kier alpha value is -3.17. The Balaban J connectivity index is 1.83. The van der Waals surface area contributed by atoms with E-state index >= 15 is 0 Å². The third kappa shape index (κ3) is 3.90. The van der Waals surface area contributed by atoms with E-state index in [4.69, 9.17) is 4.74 Å². The fourth-order valence-corrected chi connectivity index (χ4v) is 3.14. The minimum atomic E-state index is 0.260. The first-order chi connectivity index (χ1) is 12.6. The molecular weight excluding hydrogens is 344 g/mol. The van der Waals surface area contributed by atoms with Gasteiger partial charge in [-0.3, -0.25) is 5.43 Å². The fourth-order valence-electron chi connectivity index (χ4n) is 2.37. The summed E-state index contributed by atoms with van der Waals surface area (Å²) >= 11 is 1.39. The molecule has 0 fully saturated rings. The molecule has 0 aliphatic rings. The standard InChI is InChI=1S/C20H18N4OS/c1-13-4-5-14(2)17(10-13)23-24-18(11-21)20-22-19(12-26-20)15-6-8-16(25-3)9-7-15/h4-10,12,23H,1-3H3/b24-18-. The second-order valence-electron chi connectivity index (χ2n) is 5.77. The number of hydrogen-bond donors (Lipinski definition) is 1. The van der Waals surface area contributed by atoms with E-state index in [1.807, 2.05) is 61.7 Å². The number of nitrogens with zero attached hydrogens (tertiary/aromatic N) is 3. The normalized spacial score (nSPS) is 11.1. The topological polar surface area (TPSA) is 70.3 Å². The zero-order valence-electron chi connectivity index (χ0n) is 14.8. The quantitative estimate of drug-likeness (QED) is 0.524. The maximum Gasteiger partial charge on any atom is 0.196 e. The Bertz CT molecular complexity index is 984. The van der Waals surface area contributed by atoms with Gasteiger partial charge in [-0.1, -0.05) is 12.1 Å². The van der Waals surface area contributed by atoms with Gasteiger partial charge in [-0.05, 0) is 55.3 Å². The molecule has 0 spiro atoms. The number of hydrogen-bond acceptors (Lipinski definition) is 6. The number of aryl methyl sites for hydroxylation is 2. The maximum absolute atomic E-state index is 9.46. The van der Waals surface area contributed by atoms with Crippen LogP contribution in [0.3, 0.4) is 0 Å². The number of thiazole rings is 1. The van der Waals surface area contributed by atoms with Crippen molar-refractivity contribution in [1.29, 1.82) is 5.26 Å². The number of ether oxygens (including phenoxy) is 1. The van der Waals surface area contributed by atoms with Gasteiger partial charge >= 0.3 is 0 Å². The molecule has 1 heterocycles. The van der Waals surface area contributed by atoms with Crippen LogP contribution in [0.5, 0.6) is 5.75 Å². The first kappa shape index (κ1) is 17.6. The van der Waals surface area contributed by atoms with Gasteiger partial charge in [0.1, 0.15) is 11.8 Å². The predicted octanol–water partition coefficient (Wildman–Crippen LogP) is 4.78. The molecule has 2 aromatic carbocycles. The van der Waals surface area contributed by atoms with Crippen LogP contribution in [-0.4, -0.2) is 17.8 Å². The number of benzene rings is 2. The molecular formula is C20H18N4OS. The van der Waals surface area contributed by atoms with Gasteiger partial charge < -0.3 is 4.74 Å². The van der Waals surface area contributed by atoms with Gasteiger partial charge in [0.2, 0.25) is 0 Å². The Morgan fingerprint density at radius 1 is 1.19 bits per heavy atom. The van der Waals surface area contributed by atoms with E-state index in [9.17, 15) is 5.26 Å². The van der Waals surface area contributed by atoms with Gasteiger partial charge in [-0.15, -0.1) is 11.3 Å². The predicted molar refractivity (Wildman–Crippen MR) is 106 cm³/mol. The van der Waals surface area contributed by atoms with Crippen molar-refractivity contribution >= 4 is 22.7 Å². The van der Waals surface area contributed by atoms with Crippen molar-refractivity contribution in [3.63, 3.8) is 0 Å². The number of methoxy groups -OCH3 is 1. The zero-order chi connectivity index (χ0) is 18.5. The second kappa shape index (κ2) is 7.81. The molecule has 26 heavy (non-hydrogen) atoms. The van der Waals surface area contributed by atoms with E-state index in [2.05, 4.69) is 21.6 Å². The van der Waals surface area contributed by atoms with Crippen molar-refractivity contribution in [3.05, 3.63) is 64.0 Å².